The largest absolute Gasteiger partial charge is 0.496 e. The van der Waals surface area contributed by atoms with Gasteiger partial charge in [0.2, 0.25) is 0 Å². The summed E-state index contributed by atoms with van der Waals surface area (Å²) in [5, 5.41) is 10.6. The summed E-state index contributed by atoms with van der Waals surface area (Å²) in [6, 6.07) is 6.47. The van der Waals surface area contributed by atoms with Crippen molar-refractivity contribution in [1.82, 2.24) is 4.98 Å². The molecule has 1 heterocycles. The van der Waals surface area contributed by atoms with Crippen LogP contribution in [0.25, 0.3) is 10.9 Å². The zero-order chi connectivity index (χ0) is 12.9. The molecule has 1 aromatic carbocycles. The Morgan fingerprint density at radius 2 is 2.06 bits per heavy atom. The fourth-order valence-corrected chi connectivity index (χ4v) is 2.75. The maximum Gasteiger partial charge on any atom is 0.124 e. The van der Waals surface area contributed by atoms with Crippen molar-refractivity contribution in [3.8, 4) is 11.8 Å². The van der Waals surface area contributed by atoms with E-state index in [4.69, 9.17) is 4.74 Å². The molecule has 1 aromatic heterocycles. The molecule has 1 aliphatic carbocycles. The second-order valence-electron chi connectivity index (χ2n) is 5.13. The Labute approximate surface area is 106 Å². The van der Waals surface area contributed by atoms with E-state index in [1.165, 1.54) is 10.9 Å². The third kappa shape index (κ3) is 1.29. The zero-order valence-electron chi connectivity index (χ0n) is 10.9. The summed E-state index contributed by atoms with van der Waals surface area (Å²) in [7, 11) is 1.67. The van der Waals surface area contributed by atoms with E-state index in [-0.39, 0.29) is 5.41 Å². The van der Waals surface area contributed by atoms with Gasteiger partial charge in [-0.2, -0.15) is 5.26 Å². The van der Waals surface area contributed by atoms with Gasteiger partial charge in [-0.1, -0.05) is 0 Å². The van der Waals surface area contributed by atoms with E-state index < -0.39 is 0 Å². The number of nitrogens with one attached hydrogen (secondary N) is 1. The van der Waals surface area contributed by atoms with Gasteiger partial charge in [0.25, 0.3) is 0 Å². The highest BCUT2D eigenvalue weighted by molar-refractivity contribution is 5.91. The molecule has 0 unspecified atom stereocenters. The molecule has 1 saturated carbocycles. The Balaban J connectivity index is 2.42. The van der Waals surface area contributed by atoms with Crippen molar-refractivity contribution in [3.63, 3.8) is 0 Å². The summed E-state index contributed by atoms with van der Waals surface area (Å²) in [5.74, 6) is 0.837. The molecule has 1 aliphatic rings. The molecule has 0 amide bonds. The van der Waals surface area contributed by atoms with Gasteiger partial charge in [-0.3, -0.25) is 0 Å². The Morgan fingerprint density at radius 3 is 2.61 bits per heavy atom. The van der Waals surface area contributed by atoms with Gasteiger partial charge in [0.05, 0.1) is 18.6 Å². The lowest BCUT2D eigenvalue weighted by Crippen LogP contribution is -2.06. The first kappa shape index (κ1) is 11.2. The first-order valence-corrected chi connectivity index (χ1v) is 6.20. The molecule has 3 rings (SSSR count). The molecule has 3 nitrogen and oxygen atoms in total. The standard InChI is InChI=1S/C15H16N2O/c1-9-10(2)17-11-4-5-12(18-3)14(13(9)11)15(8-16)6-7-15/h4-5,17H,6-7H2,1-3H3. The van der Waals surface area contributed by atoms with Gasteiger partial charge in [-0.05, 0) is 44.4 Å². The minimum atomic E-state index is -0.329. The summed E-state index contributed by atoms with van der Waals surface area (Å²) < 4.78 is 5.48. The molecule has 0 bridgehead atoms. The third-order valence-electron chi connectivity index (χ3n) is 4.09. The average molecular weight is 240 g/mol. The molecule has 92 valence electrons. The highest BCUT2D eigenvalue weighted by Crippen LogP contribution is 2.53. The number of ether oxygens (including phenoxy) is 1. The van der Waals surface area contributed by atoms with Crippen LogP contribution in [0.1, 0.15) is 29.7 Å². The normalized spacial score (nSPS) is 16.6. The number of nitrogens with zero attached hydrogens (tertiary/aromatic N) is 1. The number of nitriles is 1. The van der Waals surface area contributed by atoms with E-state index in [0.29, 0.717) is 0 Å². The number of hydrogen-bond donors (Lipinski definition) is 1. The van der Waals surface area contributed by atoms with Crippen molar-refractivity contribution in [3.05, 3.63) is 29.0 Å². The van der Waals surface area contributed by atoms with Gasteiger partial charge in [0.15, 0.2) is 0 Å². The van der Waals surface area contributed by atoms with Crippen molar-refractivity contribution >= 4 is 10.9 Å². The van der Waals surface area contributed by atoms with Crippen LogP contribution in [0.3, 0.4) is 0 Å². The topological polar surface area (TPSA) is 48.8 Å². The molecule has 2 aromatic rings. The summed E-state index contributed by atoms with van der Waals surface area (Å²) in [5.41, 5.74) is 4.23. The Kier molecular flexibility index (Phi) is 2.18. The van der Waals surface area contributed by atoms with E-state index in [1.807, 2.05) is 12.1 Å². The number of rotatable bonds is 2. The molecule has 0 aliphatic heterocycles. The second kappa shape index (κ2) is 3.52. The summed E-state index contributed by atoms with van der Waals surface area (Å²) in [4.78, 5) is 3.38. The lowest BCUT2D eigenvalue weighted by molar-refractivity contribution is 0.408. The van der Waals surface area contributed by atoms with Crippen LogP contribution in [-0.2, 0) is 5.41 Å². The van der Waals surface area contributed by atoms with Crippen LogP contribution in [-0.4, -0.2) is 12.1 Å². The van der Waals surface area contributed by atoms with Gasteiger partial charge in [-0.15, -0.1) is 0 Å². The lowest BCUT2D eigenvalue weighted by atomic mass is 9.91. The molecular weight excluding hydrogens is 224 g/mol. The molecule has 0 radical (unpaired) electrons. The summed E-state index contributed by atoms with van der Waals surface area (Å²) in [6.45, 7) is 4.17. The van der Waals surface area contributed by atoms with Gasteiger partial charge >= 0.3 is 0 Å². The SMILES string of the molecule is COc1ccc2[nH]c(C)c(C)c2c1C1(C#N)CC1. The highest BCUT2D eigenvalue weighted by atomic mass is 16.5. The number of methoxy groups -OCH3 is 1. The minimum absolute atomic E-state index is 0.329. The predicted octanol–water partition coefficient (Wildman–Crippen LogP) is 3.35. The molecular formula is C15H16N2O. The molecule has 1 N–H and O–H groups in total. The number of benzene rings is 1. The van der Waals surface area contributed by atoms with Crippen molar-refractivity contribution < 1.29 is 4.74 Å². The van der Waals surface area contributed by atoms with Crippen LogP contribution in [0.4, 0.5) is 0 Å². The molecule has 0 spiro atoms. The van der Waals surface area contributed by atoms with Crippen molar-refractivity contribution in [2.45, 2.75) is 32.1 Å². The van der Waals surface area contributed by atoms with Crippen molar-refractivity contribution in [2.75, 3.05) is 7.11 Å². The number of hydrogen-bond acceptors (Lipinski definition) is 2. The van der Waals surface area contributed by atoms with Crippen LogP contribution in [0, 0.1) is 25.2 Å². The van der Waals surface area contributed by atoms with Crippen LogP contribution >= 0.6 is 0 Å². The fourth-order valence-electron chi connectivity index (χ4n) is 2.75. The molecule has 0 atom stereocenters. The van der Waals surface area contributed by atoms with E-state index in [2.05, 4.69) is 24.9 Å². The fraction of sp³-hybridized carbons (Fsp3) is 0.400. The van der Waals surface area contributed by atoms with Crippen LogP contribution in [0.15, 0.2) is 12.1 Å². The number of aromatic amines is 1. The Hall–Kier alpha value is -1.95. The van der Waals surface area contributed by atoms with Gasteiger partial charge in [0.1, 0.15) is 5.75 Å². The number of aryl methyl sites for hydroxylation is 2. The first-order chi connectivity index (χ1) is 8.63. The predicted molar refractivity (Wildman–Crippen MR) is 70.8 cm³/mol. The van der Waals surface area contributed by atoms with E-state index in [0.717, 1.165) is 35.4 Å². The smallest absolute Gasteiger partial charge is 0.124 e. The Morgan fingerprint density at radius 1 is 1.33 bits per heavy atom. The van der Waals surface area contributed by atoms with Crippen molar-refractivity contribution in [1.29, 1.82) is 5.26 Å². The third-order valence-corrected chi connectivity index (χ3v) is 4.09. The maximum atomic E-state index is 9.47. The minimum Gasteiger partial charge on any atom is -0.496 e. The lowest BCUT2D eigenvalue weighted by Gasteiger charge is -2.14. The number of aromatic nitrogens is 1. The summed E-state index contributed by atoms with van der Waals surface area (Å²) >= 11 is 0. The van der Waals surface area contributed by atoms with E-state index >= 15 is 0 Å². The van der Waals surface area contributed by atoms with E-state index in [1.54, 1.807) is 7.11 Å². The van der Waals surface area contributed by atoms with Gasteiger partial charge in [0, 0.05) is 22.2 Å². The molecule has 3 heteroatoms. The second-order valence-corrected chi connectivity index (χ2v) is 5.13. The Bertz CT molecular complexity index is 672. The average Bonchev–Trinajstić information content (AvgIpc) is 3.12. The molecule has 18 heavy (non-hydrogen) atoms. The van der Waals surface area contributed by atoms with Crippen LogP contribution < -0.4 is 4.74 Å². The maximum absolute atomic E-state index is 9.47. The van der Waals surface area contributed by atoms with Crippen LogP contribution in [0.5, 0.6) is 5.75 Å². The van der Waals surface area contributed by atoms with E-state index in [9.17, 15) is 5.26 Å². The molecule has 0 saturated heterocycles. The zero-order valence-corrected chi connectivity index (χ0v) is 10.9. The van der Waals surface area contributed by atoms with Crippen LogP contribution in [0.2, 0.25) is 0 Å². The monoisotopic (exact) mass is 240 g/mol. The molecule has 1 fully saturated rings. The number of H-pyrrole nitrogens is 1. The van der Waals surface area contributed by atoms with Crippen molar-refractivity contribution in [2.24, 2.45) is 0 Å². The quantitative estimate of drug-likeness (QED) is 0.875. The van der Waals surface area contributed by atoms with Gasteiger partial charge in [-0.25, -0.2) is 0 Å². The highest BCUT2D eigenvalue weighted by Gasteiger charge is 2.48. The number of fused-ring (bicyclic) bond motifs is 1. The first-order valence-electron chi connectivity index (χ1n) is 6.20. The summed E-state index contributed by atoms with van der Waals surface area (Å²) in [6.07, 6.45) is 1.87. The van der Waals surface area contributed by atoms with Gasteiger partial charge < -0.3 is 9.72 Å².